The molecule has 158 valence electrons. The van der Waals surface area contributed by atoms with Gasteiger partial charge in [0, 0.05) is 10.9 Å². The molecule has 0 bridgehead atoms. The van der Waals surface area contributed by atoms with Crippen LogP contribution in [0.5, 0.6) is 17.2 Å². The van der Waals surface area contributed by atoms with E-state index in [9.17, 15) is 4.79 Å². The summed E-state index contributed by atoms with van der Waals surface area (Å²) in [5.74, 6) is 2.14. The van der Waals surface area contributed by atoms with Gasteiger partial charge in [-0.25, -0.2) is 0 Å². The number of rotatable bonds is 9. The van der Waals surface area contributed by atoms with Crippen molar-refractivity contribution in [3.05, 3.63) is 90.2 Å². The van der Waals surface area contributed by atoms with E-state index in [-0.39, 0.29) is 18.3 Å². The number of methoxy groups -OCH3 is 1. The molecule has 6 nitrogen and oxygen atoms in total. The van der Waals surface area contributed by atoms with Crippen LogP contribution in [0.3, 0.4) is 0 Å². The highest BCUT2D eigenvalue weighted by atomic mass is 16.5. The second-order valence-corrected chi connectivity index (χ2v) is 6.79. The smallest absolute Gasteiger partial charge is 0.287 e. The predicted molar refractivity (Wildman–Crippen MR) is 118 cm³/mol. The summed E-state index contributed by atoms with van der Waals surface area (Å²) in [7, 11) is 1.61. The first-order chi connectivity index (χ1) is 15.2. The van der Waals surface area contributed by atoms with Crippen molar-refractivity contribution in [2.75, 3.05) is 20.3 Å². The first kappa shape index (κ1) is 20.3. The minimum Gasteiger partial charge on any atom is -0.497 e. The van der Waals surface area contributed by atoms with Crippen molar-refractivity contribution in [1.82, 2.24) is 5.32 Å². The lowest BCUT2D eigenvalue weighted by Gasteiger charge is -2.09. The molecule has 1 heterocycles. The zero-order chi connectivity index (χ0) is 21.5. The first-order valence-corrected chi connectivity index (χ1v) is 9.98. The van der Waals surface area contributed by atoms with Crippen molar-refractivity contribution >= 4 is 16.9 Å². The van der Waals surface area contributed by atoms with Crippen LogP contribution in [-0.4, -0.2) is 26.2 Å². The van der Waals surface area contributed by atoms with Crippen LogP contribution in [-0.2, 0) is 6.61 Å². The van der Waals surface area contributed by atoms with Crippen molar-refractivity contribution in [1.29, 1.82) is 0 Å². The summed E-state index contributed by atoms with van der Waals surface area (Å²) in [4.78, 5) is 12.8. The highest BCUT2D eigenvalue weighted by Gasteiger charge is 2.20. The van der Waals surface area contributed by atoms with Gasteiger partial charge in [0.05, 0.1) is 13.7 Å². The number of para-hydroxylation sites is 2. The molecule has 0 spiro atoms. The molecule has 0 saturated carbocycles. The summed E-state index contributed by atoms with van der Waals surface area (Å²) >= 11 is 0. The van der Waals surface area contributed by atoms with Gasteiger partial charge in [-0.2, -0.15) is 0 Å². The lowest BCUT2D eigenvalue weighted by atomic mass is 10.1. The number of amides is 1. The fourth-order valence-corrected chi connectivity index (χ4v) is 3.18. The van der Waals surface area contributed by atoms with Crippen LogP contribution in [0.2, 0.25) is 0 Å². The summed E-state index contributed by atoms with van der Waals surface area (Å²) in [6.07, 6.45) is 0. The molecule has 1 aromatic heterocycles. The van der Waals surface area contributed by atoms with Crippen molar-refractivity contribution in [2.45, 2.75) is 6.61 Å². The summed E-state index contributed by atoms with van der Waals surface area (Å²) in [6, 6.07) is 24.3. The fourth-order valence-electron chi connectivity index (χ4n) is 3.18. The fraction of sp³-hybridized carbons (Fsp3) is 0.160. The molecule has 4 rings (SSSR count). The van der Waals surface area contributed by atoms with Gasteiger partial charge in [-0.1, -0.05) is 36.4 Å². The SMILES string of the molecule is COc1ccc(OCCNC(=O)c2oc3ccccc3c2COc2ccccc2)cc1. The van der Waals surface area contributed by atoms with Crippen LogP contribution < -0.4 is 19.5 Å². The van der Waals surface area contributed by atoms with E-state index in [1.165, 1.54) is 0 Å². The Morgan fingerprint density at radius 2 is 1.52 bits per heavy atom. The van der Waals surface area contributed by atoms with E-state index in [2.05, 4.69) is 5.32 Å². The summed E-state index contributed by atoms with van der Waals surface area (Å²) in [5, 5.41) is 3.71. The molecule has 0 aliphatic rings. The average Bonchev–Trinajstić information content (AvgIpc) is 3.20. The van der Waals surface area contributed by atoms with Gasteiger partial charge in [0.1, 0.15) is 36.0 Å². The van der Waals surface area contributed by atoms with Crippen molar-refractivity contribution in [3.8, 4) is 17.2 Å². The third kappa shape index (κ3) is 4.98. The number of benzene rings is 3. The summed E-state index contributed by atoms with van der Waals surface area (Å²) in [5.41, 5.74) is 1.36. The number of ether oxygens (including phenoxy) is 3. The Labute approximate surface area is 180 Å². The highest BCUT2D eigenvalue weighted by Crippen LogP contribution is 2.27. The topological polar surface area (TPSA) is 69.9 Å². The third-order valence-corrected chi connectivity index (χ3v) is 4.75. The Balaban J connectivity index is 1.40. The van der Waals surface area contributed by atoms with E-state index >= 15 is 0 Å². The largest absolute Gasteiger partial charge is 0.497 e. The molecule has 0 unspecified atom stereocenters. The number of furan rings is 1. The van der Waals surface area contributed by atoms with Crippen molar-refractivity contribution in [2.24, 2.45) is 0 Å². The lowest BCUT2D eigenvalue weighted by molar-refractivity contribution is 0.0918. The lowest BCUT2D eigenvalue weighted by Crippen LogP contribution is -2.28. The Morgan fingerprint density at radius 1 is 0.839 bits per heavy atom. The Morgan fingerprint density at radius 3 is 2.29 bits per heavy atom. The second kappa shape index (κ2) is 9.71. The monoisotopic (exact) mass is 417 g/mol. The zero-order valence-corrected chi connectivity index (χ0v) is 17.2. The third-order valence-electron chi connectivity index (χ3n) is 4.75. The van der Waals surface area contributed by atoms with Crippen LogP contribution in [0.4, 0.5) is 0 Å². The average molecular weight is 417 g/mol. The number of carbonyl (C=O) groups is 1. The molecule has 0 saturated heterocycles. The number of carbonyl (C=O) groups excluding carboxylic acids is 1. The molecule has 0 aliphatic heterocycles. The molecule has 4 aromatic rings. The molecular weight excluding hydrogens is 394 g/mol. The second-order valence-electron chi connectivity index (χ2n) is 6.79. The number of hydrogen-bond acceptors (Lipinski definition) is 5. The first-order valence-electron chi connectivity index (χ1n) is 9.98. The summed E-state index contributed by atoms with van der Waals surface area (Å²) in [6.45, 7) is 0.890. The van der Waals surface area contributed by atoms with Crippen molar-refractivity contribution in [3.63, 3.8) is 0 Å². The highest BCUT2D eigenvalue weighted by molar-refractivity contribution is 5.99. The van der Waals surface area contributed by atoms with Crippen molar-refractivity contribution < 1.29 is 23.4 Å². The van der Waals surface area contributed by atoms with E-state index in [4.69, 9.17) is 18.6 Å². The number of nitrogens with one attached hydrogen (secondary N) is 1. The van der Waals surface area contributed by atoms with Gasteiger partial charge in [-0.05, 0) is 42.5 Å². The van der Waals surface area contributed by atoms with E-state index in [0.717, 1.165) is 16.9 Å². The van der Waals surface area contributed by atoms with Crippen LogP contribution in [0.25, 0.3) is 11.0 Å². The van der Waals surface area contributed by atoms with Crippen LogP contribution in [0, 0.1) is 0 Å². The quantitative estimate of drug-likeness (QED) is 0.395. The molecule has 1 N–H and O–H groups in total. The Hall–Kier alpha value is -3.93. The van der Waals surface area contributed by atoms with Gasteiger partial charge in [0.2, 0.25) is 0 Å². The maximum Gasteiger partial charge on any atom is 0.287 e. The molecule has 31 heavy (non-hydrogen) atoms. The van der Waals surface area contributed by atoms with Gasteiger partial charge in [0.15, 0.2) is 5.76 Å². The van der Waals surface area contributed by atoms with Gasteiger partial charge >= 0.3 is 0 Å². The normalized spacial score (nSPS) is 10.6. The summed E-state index contributed by atoms with van der Waals surface area (Å²) < 4.78 is 22.5. The molecule has 0 aliphatic carbocycles. The Kier molecular flexibility index (Phi) is 6.38. The molecule has 1 amide bonds. The number of hydrogen-bond donors (Lipinski definition) is 1. The van der Waals surface area contributed by atoms with Gasteiger partial charge in [-0.15, -0.1) is 0 Å². The Bertz CT molecular complexity index is 1140. The van der Waals surface area contributed by atoms with Gasteiger partial charge in [0.25, 0.3) is 5.91 Å². The van der Waals surface area contributed by atoms with E-state index in [0.29, 0.717) is 30.0 Å². The van der Waals surface area contributed by atoms with E-state index < -0.39 is 0 Å². The maximum atomic E-state index is 12.8. The predicted octanol–water partition coefficient (Wildman–Crippen LogP) is 4.83. The van der Waals surface area contributed by atoms with Crippen LogP contribution in [0.15, 0.2) is 83.3 Å². The van der Waals surface area contributed by atoms with E-state index in [1.807, 2.05) is 78.9 Å². The molecule has 0 radical (unpaired) electrons. The standard InChI is InChI=1S/C25H23NO5/c1-28-18-11-13-20(14-12-18)29-16-15-26-25(27)24-22(17-30-19-7-3-2-4-8-19)21-9-5-6-10-23(21)31-24/h2-14H,15-17H2,1H3,(H,26,27). The van der Waals surface area contributed by atoms with E-state index in [1.54, 1.807) is 7.11 Å². The molecule has 6 heteroatoms. The van der Waals surface area contributed by atoms with Crippen LogP contribution in [0.1, 0.15) is 16.1 Å². The zero-order valence-electron chi connectivity index (χ0n) is 17.2. The van der Waals surface area contributed by atoms with Gasteiger partial charge < -0.3 is 23.9 Å². The maximum absolute atomic E-state index is 12.8. The molecule has 0 fully saturated rings. The van der Waals surface area contributed by atoms with Crippen LogP contribution >= 0.6 is 0 Å². The van der Waals surface area contributed by atoms with Gasteiger partial charge in [-0.3, -0.25) is 4.79 Å². The molecule has 3 aromatic carbocycles. The molecule has 0 atom stereocenters. The minimum atomic E-state index is -0.304. The minimum absolute atomic E-state index is 0.228. The number of fused-ring (bicyclic) bond motifs is 1. The molecular formula is C25H23NO5.